The van der Waals surface area contributed by atoms with Crippen LogP contribution in [0.25, 0.3) is 0 Å². The van der Waals surface area contributed by atoms with E-state index < -0.39 is 15.4 Å². The van der Waals surface area contributed by atoms with Crippen LogP contribution in [-0.4, -0.2) is 30.7 Å². The molecule has 0 saturated carbocycles. The first-order chi connectivity index (χ1) is 12.9. The van der Waals surface area contributed by atoms with E-state index in [1.165, 1.54) is 64.7 Å². The van der Waals surface area contributed by atoms with Crippen LogP contribution in [0.1, 0.15) is 104 Å². The van der Waals surface area contributed by atoms with E-state index in [4.69, 9.17) is 4.55 Å². The Bertz CT molecular complexity index is 488. The van der Waals surface area contributed by atoms with Crippen molar-refractivity contribution in [2.75, 3.05) is 6.54 Å². The smallest absolute Gasteiger partial charge is 0.269 e. The molecule has 0 radical (unpaired) electrons. The molecule has 1 amide bonds. The highest BCUT2D eigenvalue weighted by Crippen LogP contribution is 2.10. The molecule has 1 unspecified atom stereocenters. The number of carbonyl (C=O) groups is 1. The van der Waals surface area contributed by atoms with E-state index in [9.17, 15) is 13.2 Å². The first-order valence-corrected chi connectivity index (χ1v) is 12.3. The molecule has 0 aromatic rings. The third-order valence-corrected chi connectivity index (χ3v) is 5.94. The average Bonchev–Trinajstić information content (AvgIpc) is 2.62. The van der Waals surface area contributed by atoms with Crippen molar-refractivity contribution in [3.8, 4) is 0 Å². The maximum Gasteiger partial charge on any atom is 0.269 e. The Morgan fingerprint density at radius 3 is 1.89 bits per heavy atom. The van der Waals surface area contributed by atoms with Crippen molar-refractivity contribution in [1.82, 2.24) is 5.32 Å². The summed E-state index contributed by atoms with van der Waals surface area (Å²) < 4.78 is 30.5. The first-order valence-electron chi connectivity index (χ1n) is 10.8. The molecule has 0 aliphatic heterocycles. The zero-order valence-corrected chi connectivity index (χ0v) is 18.2. The molecule has 0 fully saturated rings. The summed E-state index contributed by atoms with van der Waals surface area (Å²) in [7, 11) is -4.07. The van der Waals surface area contributed by atoms with Gasteiger partial charge in [-0.25, -0.2) is 0 Å². The minimum absolute atomic E-state index is 0.0389. The van der Waals surface area contributed by atoms with Crippen molar-refractivity contribution in [3.05, 3.63) is 12.2 Å². The third kappa shape index (κ3) is 18.3. The highest BCUT2D eigenvalue weighted by Gasteiger charge is 2.17. The van der Waals surface area contributed by atoms with E-state index >= 15 is 0 Å². The summed E-state index contributed by atoms with van der Waals surface area (Å²) in [5.41, 5.74) is 0. The quantitative estimate of drug-likeness (QED) is 0.182. The number of hydrogen-bond donors (Lipinski definition) is 2. The Balaban J connectivity index is 3.37. The van der Waals surface area contributed by atoms with Crippen molar-refractivity contribution < 1.29 is 17.8 Å². The van der Waals surface area contributed by atoms with Crippen LogP contribution in [0.4, 0.5) is 0 Å². The number of nitrogens with one attached hydrogen (secondary N) is 1. The van der Waals surface area contributed by atoms with Gasteiger partial charge < -0.3 is 5.32 Å². The Labute approximate surface area is 167 Å². The SMILES string of the molecule is CCCCCCCCC=CCCCCCCCC(=O)NCC(C)S(=O)(=O)O. The molecule has 0 bridgehead atoms. The number of unbranched alkanes of at least 4 members (excludes halogenated alkanes) is 11. The summed E-state index contributed by atoms with van der Waals surface area (Å²) in [6.07, 6.45) is 20.8. The van der Waals surface area contributed by atoms with Gasteiger partial charge in [-0.05, 0) is 39.0 Å². The Kier molecular flexibility index (Phi) is 16.7. The maximum absolute atomic E-state index is 11.6. The zero-order chi connectivity index (χ0) is 20.4. The van der Waals surface area contributed by atoms with Gasteiger partial charge in [0.1, 0.15) is 5.25 Å². The number of carbonyl (C=O) groups excluding carboxylic acids is 1. The second-order valence-electron chi connectivity index (χ2n) is 7.46. The van der Waals surface area contributed by atoms with Gasteiger partial charge in [0.05, 0.1) is 0 Å². The molecule has 0 aromatic heterocycles. The summed E-state index contributed by atoms with van der Waals surface area (Å²) in [6.45, 7) is 3.58. The normalized spacial score (nSPS) is 13.1. The molecule has 27 heavy (non-hydrogen) atoms. The fraction of sp³-hybridized carbons (Fsp3) is 0.857. The van der Waals surface area contributed by atoms with E-state index in [1.807, 2.05) is 0 Å². The largest absolute Gasteiger partial charge is 0.355 e. The predicted octanol–water partition coefficient (Wildman–Crippen LogP) is 5.42. The Morgan fingerprint density at radius 1 is 0.889 bits per heavy atom. The molecule has 0 rings (SSSR count). The molecule has 0 heterocycles. The van der Waals surface area contributed by atoms with Gasteiger partial charge in [-0.1, -0.05) is 70.4 Å². The van der Waals surface area contributed by atoms with Gasteiger partial charge in [0.25, 0.3) is 10.1 Å². The predicted molar refractivity (Wildman–Crippen MR) is 113 cm³/mol. The van der Waals surface area contributed by atoms with Gasteiger partial charge in [-0.2, -0.15) is 8.42 Å². The first kappa shape index (κ1) is 26.1. The number of amides is 1. The van der Waals surface area contributed by atoms with Crippen LogP contribution < -0.4 is 5.32 Å². The number of allylic oxidation sites excluding steroid dienone is 2. The van der Waals surface area contributed by atoms with Crippen LogP contribution in [0.3, 0.4) is 0 Å². The topological polar surface area (TPSA) is 83.5 Å². The fourth-order valence-corrected chi connectivity index (χ4v) is 3.10. The Hall–Kier alpha value is -0.880. The summed E-state index contributed by atoms with van der Waals surface area (Å²) in [5.74, 6) is -0.150. The molecule has 0 saturated heterocycles. The summed E-state index contributed by atoms with van der Waals surface area (Å²) in [4.78, 5) is 11.6. The van der Waals surface area contributed by atoms with Gasteiger partial charge in [0.2, 0.25) is 5.91 Å². The van der Waals surface area contributed by atoms with Crippen LogP contribution in [0.15, 0.2) is 12.2 Å². The lowest BCUT2D eigenvalue weighted by Crippen LogP contribution is -2.34. The van der Waals surface area contributed by atoms with Gasteiger partial charge in [-0.3, -0.25) is 9.35 Å². The molecular weight excluding hydrogens is 362 g/mol. The standard InChI is InChI=1S/C21H41NO4S/c1-3-4-5-6-7-8-9-10-11-12-13-14-15-16-17-18-21(23)22-19-20(2)27(24,25)26/h10-11,20H,3-9,12-19H2,1-2H3,(H,22,23)(H,24,25,26). The van der Waals surface area contributed by atoms with E-state index in [0.29, 0.717) is 6.42 Å². The minimum Gasteiger partial charge on any atom is -0.355 e. The van der Waals surface area contributed by atoms with Crippen molar-refractivity contribution >= 4 is 16.0 Å². The molecular formula is C21H41NO4S. The lowest BCUT2D eigenvalue weighted by atomic mass is 10.1. The molecule has 6 heteroatoms. The second kappa shape index (κ2) is 17.2. The Morgan fingerprint density at radius 2 is 1.37 bits per heavy atom. The lowest BCUT2D eigenvalue weighted by Gasteiger charge is -2.09. The number of rotatable bonds is 18. The summed E-state index contributed by atoms with van der Waals surface area (Å²) in [5, 5.41) is 1.59. The van der Waals surface area contributed by atoms with Gasteiger partial charge >= 0.3 is 0 Å². The van der Waals surface area contributed by atoms with Gasteiger partial charge in [0.15, 0.2) is 0 Å². The van der Waals surface area contributed by atoms with Crippen LogP contribution >= 0.6 is 0 Å². The fourth-order valence-electron chi connectivity index (χ4n) is 2.81. The second-order valence-corrected chi connectivity index (χ2v) is 9.30. The maximum atomic E-state index is 11.6. The van der Waals surface area contributed by atoms with Crippen molar-refractivity contribution in [1.29, 1.82) is 0 Å². The summed E-state index contributed by atoms with van der Waals surface area (Å²) >= 11 is 0. The van der Waals surface area contributed by atoms with E-state index in [-0.39, 0.29) is 12.5 Å². The molecule has 0 aliphatic rings. The van der Waals surface area contributed by atoms with Crippen LogP contribution in [0, 0.1) is 0 Å². The van der Waals surface area contributed by atoms with E-state index in [0.717, 1.165) is 25.7 Å². The molecule has 160 valence electrons. The highest BCUT2D eigenvalue weighted by molar-refractivity contribution is 7.86. The third-order valence-electron chi connectivity index (χ3n) is 4.76. The van der Waals surface area contributed by atoms with Crippen molar-refractivity contribution in [2.24, 2.45) is 0 Å². The average molecular weight is 404 g/mol. The molecule has 0 aromatic carbocycles. The van der Waals surface area contributed by atoms with Crippen LogP contribution in [0.2, 0.25) is 0 Å². The molecule has 0 aliphatic carbocycles. The lowest BCUT2D eigenvalue weighted by molar-refractivity contribution is -0.121. The van der Waals surface area contributed by atoms with Crippen molar-refractivity contribution in [3.63, 3.8) is 0 Å². The van der Waals surface area contributed by atoms with E-state index in [2.05, 4.69) is 24.4 Å². The molecule has 1 atom stereocenters. The summed E-state index contributed by atoms with van der Waals surface area (Å²) in [6, 6.07) is 0. The monoisotopic (exact) mass is 403 g/mol. The zero-order valence-electron chi connectivity index (χ0n) is 17.4. The van der Waals surface area contributed by atoms with E-state index in [1.54, 1.807) is 0 Å². The molecule has 0 spiro atoms. The minimum atomic E-state index is -4.07. The number of hydrogen-bond acceptors (Lipinski definition) is 3. The molecule has 2 N–H and O–H groups in total. The molecule has 5 nitrogen and oxygen atoms in total. The van der Waals surface area contributed by atoms with Gasteiger partial charge in [-0.15, -0.1) is 0 Å². The van der Waals surface area contributed by atoms with Gasteiger partial charge in [0, 0.05) is 13.0 Å². The van der Waals surface area contributed by atoms with Crippen molar-refractivity contribution in [2.45, 2.75) is 109 Å². The van der Waals surface area contributed by atoms with Crippen LogP contribution in [-0.2, 0) is 14.9 Å². The highest BCUT2D eigenvalue weighted by atomic mass is 32.2. The van der Waals surface area contributed by atoms with Crippen LogP contribution in [0.5, 0.6) is 0 Å².